The SMILES string of the molecule is O=COC/C(=C\C(=O)O)C(=O)O. The summed E-state index contributed by atoms with van der Waals surface area (Å²) >= 11 is 0. The monoisotopic (exact) mass is 174 g/mol. The first-order valence-corrected chi connectivity index (χ1v) is 2.80. The molecule has 0 aromatic rings. The fourth-order valence-electron chi connectivity index (χ4n) is 0.438. The van der Waals surface area contributed by atoms with Crippen molar-refractivity contribution in [1.82, 2.24) is 0 Å². The fourth-order valence-corrected chi connectivity index (χ4v) is 0.438. The molecule has 0 heterocycles. The van der Waals surface area contributed by atoms with Crippen molar-refractivity contribution < 1.29 is 29.3 Å². The van der Waals surface area contributed by atoms with Gasteiger partial charge >= 0.3 is 11.9 Å². The van der Waals surface area contributed by atoms with Gasteiger partial charge in [0, 0.05) is 6.08 Å². The molecule has 0 bridgehead atoms. The average Bonchev–Trinajstić information content (AvgIpc) is 1.96. The lowest BCUT2D eigenvalue weighted by Gasteiger charge is -1.97. The topological polar surface area (TPSA) is 101 Å². The molecule has 0 amide bonds. The van der Waals surface area contributed by atoms with E-state index in [1.54, 1.807) is 0 Å². The Morgan fingerprint density at radius 2 is 1.92 bits per heavy atom. The van der Waals surface area contributed by atoms with Gasteiger partial charge in [0.1, 0.15) is 6.61 Å². The van der Waals surface area contributed by atoms with E-state index < -0.39 is 24.1 Å². The molecule has 0 aromatic carbocycles. The second-order valence-electron chi connectivity index (χ2n) is 1.72. The van der Waals surface area contributed by atoms with Gasteiger partial charge in [0.2, 0.25) is 0 Å². The van der Waals surface area contributed by atoms with Gasteiger partial charge in [-0.05, 0) is 0 Å². The Labute approximate surface area is 67.1 Å². The van der Waals surface area contributed by atoms with Gasteiger partial charge < -0.3 is 14.9 Å². The number of aliphatic carboxylic acids is 2. The van der Waals surface area contributed by atoms with Crippen LogP contribution in [-0.4, -0.2) is 35.2 Å². The van der Waals surface area contributed by atoms with Crippen LogP contribution in [0.3, 0.4) is 0 Å². The van der Waals surface area contributed by atoms with Gasteiger partial charge in [0.05, 0.1) is 5.57 Å². The van der Waals surface area contributed by atoms with Gasteiger partial charge in [-0.25, -0.2) is 9.59 Å². The van der Waals surface area contributed by atoms with E-state index in [-0.39, 0.29) is 6.47 Å². The molecule has 0 aromatic heterocycles. The zero-order chi connectivity index (χ0) is 9.56. The van der Waals surface area contributed by atoms with Crippen molar-refractivity contribution in [2.24, 2.45) is 0 Å². The summed E-state index contributed by atoms with van der Waals surface area (Å²) in [6.45, 7) is -0.510. The van der Waals surface area contributed by atoms with Crippen LogP contribution in [0.1, 0.15) is 0 Å². The van der Waals surface area contributed by atoms with Crippen molar-refractivity contribution in [3.63, 3.8) is 0 Å². The Morgan fingerprint density at radius 3 is 2.25 bits per heavy atom. The van der Waals surface area contributed by atoms with Crippen molar-refractivity contribution in [2.45, 2.75) is 0 Å². The molecule has 0 aliphatic rings. The van der Waals surface area contributed by atoms with Crippen molar-refractivity contribution >= 4 is 18.4 Å². The van der Waals surface area contributed by atoms with E-state index in [1.807, 2.05) is 0 Å². The number of carbonyl (C=O) groups is 3. The van der Waals surface area contributed by atoms with Gasteiger partial charge in [0.25, 0.3) is 6.47 Å². The second-order valence-corrected chi connectivity index (χ2v) is 1.72. The van der Waals surface area contributed by atoms with Crippen LogP contribution >= 0.6 is 0 Å². The molecular weight excluding hydrogens is 168 g/mol. The molecule has 0 saturated heterocycles. The molecule has 0 saturated carbocycles. The number of hydrogen-bond acceptors (Lipinski definition) is 4. The summed E-state index contributed by atoms with van der Waals surface area (Å²) in [5, 5.41) is 16.5. The summed E-state index contributed by atoms with van der Waals surface area (Å²) < 4.78 is 4.06. The molecule has 0 spiro atoms. The van der Waals surface area contributed by atoms with E-state index >= 15 is 0 Å². The van der Waals surface area contributed by atoms with Crippen LogP contribution in [0.5, 0.6) is 0 Å². The van der Waals surface area contributed by atoms with E-state index in [4.69, 9.17) is 10.2 Å². The largest absolute Gasteiger partial charge is 0.478 e. The maximum Gasteiger partial charge on any atom is 0.335 e. The van der Waals surface area contributed by atoms with Crippen LogP contribution in [-0.2, 0) is 19.1 Å². The Kier molecular flexibility index (Phi) is 4.13. The zero-order valence-corrected chi connectivity index (χ0v) is 5.89. The highest BCUT2D eigenvalue weighted by molar-refractivity contribution is 5.94. The lowest BCUT2D eigenvalue weighted by molar-refractivity contribution is -0.136. The van der Waals surface area contributed by atoms with Crippen molar-refractivity contribution in [1.29, 1.82) is 0 Å². The fraction of sp³-hybridized carbons (Fsp3) is 0.167. The first kappa shape index (κ1) is 10.2. The van der Waals surface area contributed by atoms with Gasteiger partial charge in [-0.2, -0.15) is 0 Å². The molecule has 66 valence electrons. The van der Waals surface area contributed by atoms with Crippen LogP contribution in [0.25, 0.3) is 0 Å². The molecule has 0 unspecified atom stereocenters. The minimum atomic E-state index is -1.43. The minimum Gasteiger partial charge on any atom is -0.478 e. The van der Waals surface area contributed by atoms with Crippen LogP contribution in [0.15, 0.2) is 11.6 Å². The molecule has 0 aliphatic heterocycles. The highest BCUT2D eigenvalue weighted by Gasteiger charge is 2.09. The van der Waals surface area contributed by atoms with E-state index in [0.29, 0.717) is 6.08 Å². The number of carbonyl (C=O) groups excluding carboxylic acids is 1. The molecule has 0 radical (unpaired) electrons. The number of rotatable bonds is 5. The van der Waals surface area contributed by atoms with Crippen molar-refractivity contribution in [2.75, 3.05) is 6.61 Å². The molecule has 0 fully saturated rings. The molecular formula is C6H6O6. The number of carboxylic acids is 2. The van der Waals surface area contributed by atoms with E-state index in [0.717, 1.165) is 0 Å². The Balaban J connectivity index is 4.32. The van der Waals surface area contributed by atoms with Crippen LogP contribution < -0.4 is 0 Å². The van der Waals surface area contributed by atoms with E-state index in [1.165, 1.54) is 0 Å². The molecule has 0 rings (SSSR count). The number of carboxylic acid groups (broad SMARTS) is 2. The minimum absolute atomic E-state index is 0.0403. The average molecular weight is 174 g/mol. The summed E-state index contributed by atoms with van der Waals surface area (Å²) in [6.07, 6.45) is 0.464. The summed E-state index contributed by atoms with van der Waals surface area (Å²) in [6, 6.07) is 0. The molecule has 2 N–H and O–H groups in total. The molecule has 6 heteroatoms. The standard InChI is InChI=1S/C6H6O6/c7-3-12-2-4(6(10)11)1-5(8)9/h1,3H,2H2,(H,8,9)(H,10,11)/b4-1+. The Hall–Kier alpha value is -1.85. The van der Waals surface area contributed by atoms with Gasteiger partial charge in [-0.1, -0.05) is 0 Å². The number of hydrogen-bond donors (Lipinski definition) is 2. The van der Waals surface area contributed by atoms with Crippen molar-refractivity contribution in [3.05, 3.63) is 11.6 Å². The highest BCUT2D eigenvalue weighted by Crippen LogP contribution is 1.94. The first-order valence-electron chi connectivity index (χ1n) is 2.80. The summed E-state index contributed by atoms with van der Waals surface area (Å²) in [4.78, 5) is 29.8. The Morgan fingerprint density at radius 1 is 1.33 bits per heavy atom. The quantitative estimate of drug-likeness (QED) is 0.420. The third-order valence-corrected chi connectivity index (χ3v) is 0.879. The highest BCUT2D eigenvalue weighted by atomic mass is 16.5. The summed E-state index contributed by atoms with van der Waals surface area (Å²) in [5.74, 6) is -2.83. The smallest absolute Gasteiger partial charge is 0.335 e. The lowest BCUT2D eigenvalue weighted by Crippen LogP contribution is -2.09. The second kappa shape index (κ2) is 4.89. The summed E-state index contributed by atoms with van der Waals surface area (Å²) in [5.41, 5.74) is -0.491. The van der Waals surface area contributed by atoms with E-state index in [2.05, 4.69) is 4.74 Å². The first-order chi connectivity index (χ1) is 5.57. The molecule has 6 nitrogen and oxygen atoms in total. The lowest BCUT2D eigenvalue weighted by atomic mass is 10.3. The van der Waals surface area contributed by atoms with Gasteiger partial charge in [0.15, 0.2) is 0 Å². The third-order valence-electron chi connectivity index (χ3n) is 0.879. The van der Waals surface area contributed by atoms with Crippen LogP contribution in [0.2, 0.25) is 0 Å². The predicted molar refractivity (Wildman–Crippen MR) is 35.4 cm³/mol. The van der Waals surface area contributed by atoms with Crippen LogP contribution in [0, 0.1) is 0 Å². The number of ether oxygens (including phenoxy) is 1. The summed E-state index contributed by atoms with van der Waals surface area (Å²) in [7, 11) is 0. The van der Waals surface area contributed by atoms with Gasteiger partial charge in [-0.15, -0.1) is 0 Å². The van der Waals surface area contributed by atoms with Gasteiger partial charge in [-0.3, -0.25) is 4.79 Å². The molecule has 0 atom stereocenters. The predicted octanol–water partition coefficient (Wildman–Crippen LogP) is -0.745. The normalized spacial score (nSPS) is 10.5. The zero-order valence-electron chi connectivity index (χ0n) is 5.89. The van der Waals surface area contributed by atoms with Crippen molar-refractivity contribution in [3.8, 4) is 0 Å². The van der Waals surface area contributed by atoms with Crippen LogP contribution in [0.4, 0.5) is 0 Å². The third kappa shape index (κ3) is 4.04. The molecule has 12 heavy (non-hydrogen) atoms. The van der Waals surface area contributed by atoms with E-state index in [9.17, 15) is 14.4 Å². The molecule has 0 aliphatic carbocycles. The maximum absolute atomic E-state index is 10.2. The maximum atomic E-state index is 10.2. The Bertz CT molecular complexity index is 228.